The van der Waals surface area contributed by atoms with Crippen LogP contribution in [-0.4, -0.2) is 44.4 Å². The Morgan fingerprint density at radius 1 is 1.09 bits per heavy atom. The Morgan fingerprint density at radius 2 is 1.85 bits per heavy atom. The van der Waals surface area contributed by atoms with Crippen LogP contribution >= 0.6 is 11.3 Å². The molecule has 1 aliphatic heterocycles. The average molecular weight is 505 g/mol. The third-order valence-electron chi connectivity index (χ3n) is 6.33. The van der Waals surface area contributed by atoms with Gasteiger partial charge in [0.25, 0.3) is 11.8 Å². The second-order valence-electron chi connectivity index (χ2n) is 9.02. The quantitative estimate of drug-likeness (QED) is 0.494. The van der Waals surface area contributed by atoms with Gasteiger partial charge in [-0.25, -0.2) is 8.42 Å². The number of carbonyl (C=O) groups is 2. The van der Waals surface area contributed by atoms with Crippen molar-refractivity contribution in [1.29, 1.82) is 0 Å². The van der Waals surface area contributed by atoms with Gasteiger partial charge in [0.1, 0.15) is 10.8 Å². The Labute approximate surface area is 205 Å². The van der Waals surface area contributed by atoms with Crippen LogP contribution in [0.2, 0.25) is 0 Å². The molecule has 1 aromatic heterocycles. The van der Waals surface area contributed by atoms with Crippen LogP contribution in [0.25, 0.3) is 0 Å². The highest BCUT2D eigenvalue weighted by Gasteiger charge is 2.32. The number of carbonyl (C=O) groups excluding carboxylic acids is 2. The van der Waals surface area contributed by atoms with Crippen LogP contribution < -0.4 is 15.4 Å². The van der Waals surface area contributed by atoms with E-state index in [1.165, 1.54) is 11.3 Å². The summed E-state index contributed by atoms with van der Waals surface area (Å²) in [6.07, 6.45) is 7.41. The van der Waals surface area contributed by atoms with Gasteiger partial charge in [0.2, 0.25) is 0 Å². The lowest BCUT2D eigenvalue weighted by Crippen LogP contribution is -2.36. The first-order valence-corrected chi connectivity index (χ1v) is 14.7. The van der Waals surface area contributed by atoms with Crippen molar-refractivity contribution in [2.45, 2.75) is 64.3 Å². The van der Waals surface area contributed by atoms with E-state index in [-0.39, 0.29) is 29.4 Å². The van der Waals surface area contributed by atoms with Crippen molar-refractivity contribution in [2.75, 3.05) is 23.4 Å². The summed E-state index contributed by atoms with van der Waals surface area (Å²) in [4.78, 5) is 27.3. The number of rotatable bonds is 9. The predicted molar refractivity (Wildman–Crippen MR) is 135 cm³/mol. The SMILES string of the molecule is CCCCCOc1ccc(C(=O)Nc2sc3c(c2C(=O)N[C@@H]2CCS(=O)(=O)C2)CCCC3)cc1. The molecule has 0 spiro atoms. The molecule has 1 fully saturated rings. The monoisotopic (exact) mass is 504 g/mol. The zero-order valence-electron chi connectivity index (χ0n) is 19.5. The summed E-state index contributed by atoms with van der Waals surface area (Å²) >= 11 is 1.45. The van der Waals surface area contributed by atoms with Crippen LogP contribution in [0.1, 0.15) is 76.6 Å². The van der Waals surface area contributed by atoms with E-state index in [0.29, 0.717) is 29.2 Å². The minimum atomic E-state index is -3.10. The molecule has 34 heavy (non-hydrogen) atoms. The van der Waals surface area contributed by atoms with Crippen molar-refractivity contribution in [2.24, 2.45) is 0 Å². The van der Waals surface area contributed by atoms with Gasteiger partial charge in [0.15, 0.2) is 9.84 Å². The van der Waals surface area contributed by atoms with Crippen molar-refractivity contribution in [3.05, 3.63) is 45.8 Å². The number of hydrogen-bond acceptors (Lipinski definition) is 6. The minimum Gasteiger partial charge on any atom is -0.494 e. The van der Waals surface area contributed by atoms with E-state index >= 15 is 0 Å². The molecule has 4 rings (SSSR count). The molecule has 2 aliphatic rings. The minimum absolute atomic E-state index is 0.0282. The van der Waals surface area contributed by atoms with Crippen molar-refractivity contribution in [3.8, 4) is 5.75 Å². The molecule has 0 saturated carbocycles. The fraction of sp³-hybridized carbons (Fsp3) is 0.520. The summed E-state index contributed by atoms with van der Waals surface area (Å²) in [5, 5.41) is 6.38. The topological polar surface area (TPSA) is 102 Å². The van der Waals surface area contributed by atoms with E-state index < -0.39 is 9.84 Å². The molecule has 1 aromatic carbocycles. The van der Waals surface area contributed by atoms with Gasteiger partial charge in [-0.1, -0.05) is 19.8 Å². The van der Waals surface area contributed by atoms with Crippen LogP contribution in [0.4, 0.5) is 5.00 Å². The van der Waals surface area contributed by atoms with Crippen molar-refractivity contribution in [3.63, 3.8) is 0 Å². The fourth-order valence-electron chi connectivity index (χ4n) is 4.48. The largest absolute Gasteiger partial charge is 0.494 e. The molecule has 0 bridgehead atoms. The summed E-state index contributed by atoms with van der Waals surface area (Å²) in [6, 6.07) is 6.63. The van der Waals surface area contributed by atoms with Gasteiger partial charge in [-0.15, -0.1) is 11.3 Å². The standard InChI is InChI=1S/C25H32N2O5S2/c1-2-3-6-14-32-19-11-9-17(10-12-19)23(28)27-25-22(20-7-4-5-8-21(20)33-25)24(29)26-18-13-15-34(30,31)16-18/h9-12,18H,2-8,13-16H2,1H3,(H,26,29)(H,27,28)/t18-/m1/s1. The third kappa shape index (κ3) is 5.99. The number of aryl methyl sites for hydroxylation is 1. The number of anilines is 1. The van der Waals surface area contributed by atoms with Crippen molar-refractivity contribution >= 4 is 38.0 Å². The summed E-state index contributed by atoms with van der Waals surface area (Å²) in [6.45, 7) is 2.80. The normalized spacial score (nSPS) is 18.8. The molecule has 2 aromatic rings. The molecule has 1 aliphatic carbocycles. The van der Waals surface area contributed by atoms with Crippen molar-refractivity contribution < 1.29 is 22.7 Å². The van der Waals surface area contributed by atoms with Crippen LogP contribution in [0.5, 0.6) is 5.75 Å². The summed E-state index contributed by atoms with van der Waals surface area (Å²) in [7, 11) is -3.10. The maximum atomic E-state index is 13.2. The van der Waals surface area contributed by atoms with E-state index in [9.17, 15) is 18.0 Å². The Morgan fingerprint density at radius 3 is 2.56 bits per heavy atom. The van der Waals surface area contributed by atoms with Gasteiger partial charge in [-0.05, 0) is 68.4 Å². The molecule has 0 radical (unpaired) electrons. The Bertz CT molecular complexity index is 1140. The smallest absolute Gasteiger partial charge is 0.256 e. The first-order chi connectivity index (χ1) is 16.4. The number of thiophene rings is 1. The van der Waals surface area contributed by atoms with Gasteiger partial charge < -0.3 is 15.4 Å². The second-order valence-corrected chi connectivity index (χ2v) is 12.4. The average Bonchev–Trinajstić information content (AvgIpc) is 3.35. The van der Waals surface area contributed by atoms with E-state index in [0.717, 1.165) is 61.1 Å². The van der Waals surface area contributed by atoms with E-state index in [1.807, 2.05) is 0 Å². The van der Waals surface area contributed by atoms with Gasteiger partial charge >= 0.3 is 0 Å². The predicted octanol–water partition coefficient (Wildman–Crippen LogP) is 4.37. The molecule has 9 heteroatoms. The van der Waals surface area contributed by atoms with Crippen LogP contribution in [0.15, 0.2) is 24.3 Å². The molecule has 2 N–H and O–H groups in total. The van der Waals surface area contributed by atoms with Gasteiger partial charge in [0, 0.05) is 16.5 Å². The zero-order chi connectivity index (χ0) is 24.1. The first-order valence-electron chi connectivity index (χ1n) is 12.1. The van der Waals surface area contributed by atoms with Crippen LogP contribution in [0.3, 0.4) is 0 Å². The van der Waals surface area contributed by atoms with Crippen LogP contribution in [0, 0.1) is 0 Å². The number of fused-ring (bicyclic) bond motifs is 1. The molecule has 2 amide bonds. The fourth-order valence-corrected chi connectivity index (χ4v) is 7.44. The maximum Gasteiger partial charge on any atom is 0.256 e. The highest BCUT2D eigenvalue weighted by atomic mass is 32.2. The number of nitrogens with one attached hydrogen (secondary N) is 2. The van der Waals surface area contributed by atoms with E-state index in [2.05, 4.69) is 17.6 Å². The van der Waals surface area contributed by atoms with Gasteiger partial charge in [0.05, 0.1) is 23.7 Å². The molecule has 2 heterocycles. The first kappa shape index (κ1) is 24.7. The number of hydrogen-bond donors (Lipinski definition) is 2. The maximum absolute atomic E-state index is 13.2. The van der Waals surface area contributed by atoms with Gasteiger partial charge in [-0.3, -0.25) is 9.59 Å². The molecule has 1 saturated heterocycles. The molecule has 184 valence electrons. The molecule has 0 unspecified atom stereocenters. The van der Waals surface area contributed by atoms with Crippen molar-refractivity contribution in [1.82, 2.24) is 5.32 Å². The third-order valence-corrected chi connectivity index (χ3v) is 9.30. The zero-order valence-corrected chi connectivity index (χ0v) is 21.2. The Hall–Kier alpha value is -2.39. The number of benzene rings is 1. The Kier molecular flexibility index (Phi) is 7.93. The number of ether oxygens (including phenoxy) is 1. The lowest BCUT2D eigenvalue weighted by molar-refractivity contribution is 0.0941. The number of amides is 2. The van der Waals surface area contributed by atoms with Gasteiger partial charge in [-0.2, -0.15) is 0 Å². The molecular formula is C25H32N2O5S2. The lowest BCUT2D eigenvalue weighted by atomic mass is 9.95. The van der Waals surface area contributed by atoms with Crippen LogP contribution in [-0.2, 0) is 22.7 Å². The van der Waals surface area contributed by atoms with E-state index in [4.69, 9.17) is 4.74 Å². The highest BCUT2D eigenvalue weighted by molar-refractivity contribution is 7.91. The van der Waals surface area contributed by atoms with E-state index in [1.54, 1.807) is 24.3 Å². The summed E-state index contributed by atoms with van der Waals surface area (Å²) in [5.41, 5.74) is 1.97. The number of sulfone groups is 1. The molecular weight excluding hydrogens is 472 g/mol. The summed E-state index contributed by atoms with van der Waals surface area (Å²) in [5.74, 6) is 0.216. The highest BCUT2D eigenvalue weighted by Crippen LogP contribution is 2.38. The second kappa shape index (κ2) is 10.9. The molecule has 7 nitrogen and oxygen atoms in total. The number of unbranched alkanes of at least 4 members (excludes halogenated alkanes) is 2. The molecule has 1 atom stereocenters. The Balaban J connectivity index is 1.47. The lowest BCUT2D eigenvalue weighted by Gasteiger charge is -2.15. The summed E-state index contributed by atoms with van der Waals surface area (Å²) < 4.78 is 29.3.